The lowest BCUT2D eigenvalue weighted by Gasteiger charge is -2.09. The average molecular weight is 331 g/mol. The Bertz CT molecular complexity index is 785. The molecule has 2 rings (SSSR count). The van der Waals surface area contributed by atoms with Crippen LogP contribution in [0.2, 0.25) is 5.02 Å². The third-order valence-corrected chi connectivity index (χ3v) is 3.93. The zero-order valence-electron chi connectivity index (χ0n) is 10.8. The minimum Gasteiger partial charge on any atom is -0.478 e. The van der Waals surface area contributed by atoms with Gasteiger partial charge < -0.3 is 9.63 Å². The van der Waals surface area contributed by atoms with Gasteiger partial charge in [0.05, 0.1) is 11.3 Å². The molecule has 2 aromatic rings. The summed E-state index contributed by atoms with van der Waals surface area (Å²) >= 11 is 5.70. The van der Waals surface area contributed by atoms with Crippen LogP contribution in [0.5, 0.6) is 0 Å². The van der Waals surface area contributed by atoms with Gasteiger partial charge in [0.1, 0.15) is 17.2 Å². The van der Waals surface area contributed by atoms with E-state index in [0.717, 1.165) is 0 Å². The number of anilines is 1. The van der Waals surface area contributed by atoms with E-state index in [1.807, 2.05) is 0 Å². The lowest BCUT2D eigenvalue weighted by atomic mass is 10.2. The smallest absolute Gasteiger partial charge is 0.337 e. The van der Waals surface area contributed by atoms with Crippen molar-refractivity contribution in [2.45, 2.75) is 12.7 Å². The molecule has 0 saturated heterocycles. The molecule has 0 saturated carbocycles. The van der Waals surface area contributed by atoms with Crippen molar-refractivity contribution in [1.82, 2.24) is 5.16 Å². The highest BCUT2D eigenvalue weighted by molar-refractivity contribution is 7.91. The average Bonchev–Trinajstić information content (AvgIpc) is 2.75. The van der Waals surface area contributed by atoms with Crippen molar-refractivity contribution < 1.29 is 22.8 Å². The summed E-state index contributed by atoms with van der Waals surface area (Å²) in [6.45, 7) is 1.64. The zero-order valence-corrected chi connectivity index (χ0v) is 12.4. The van der Waals surface area contributed by atoms with Gasteiger partial charge in [-0.05, 0) is 25.1 Å². The number of halogens is 1. The fourth-order valence-electron chi connectivity index (χ4n) is 1.67. The molecule has 112 valence electrons. The van der Waals surface area contributed by atoms with Crippen molar-refractivity contribution in [2.24, 2.45) is 0 Å². The Morgan fingerprint density at radius 3 is 2.71 bits per heavy atom. The number of hydrogen-bond donors (Lipinski definition) is 2. The number of aromatic carboxylic acids is 1. The van der Waals surface area contributed by atoms with E-state index < -0.39 is 21.7 Å². The maximum Gasteiger partial charge on any atom is 0.337 e. The van der Waals surface area contributed by atoms with Gasteiger partial charge in [-0.2, -0.15) is 0 Å². The summed E-state index contributed by atoms with van der Waals surface area (Å²) in [5.74, 6) is -1.23. The van der Waals surface area contributed by atoms with Crippen molar-refractivity contribution >= 4 is 33.3 Å². The Hall–Kier alpha value is -2.06. The van der Waals surface area contributed by atoms with Crippen LogP contribution in [-0.2, 0) is 15.8 Å². The Balaban J connectivity index is 2.26. The van der Waals surface area contributed by atoms with Crippen molar-refractivity contribution in [1.29, 1.82) is 0 Å². The predicted octanol–water partition coefficient (Wildman–Crippen LogP) is 2.28. The molecule has 1 aromatic heterocycles. The molecule has 0 aliphatic rings. The van der Waals surface area contributed by atoms with E-state index in [1.165, 1.54) is 24.3 Å². The van der Waals surface area contributed by atoms with Gasteiger partial charge in [-0.15, -0.1) is 0 Å². The molecule has 1 aromatic carbocycles. The summed E-state index contributed by atoms with van der Waals surface area (Å²) < 4.78 is 31.0. The highest BCUT2D eigenvalue weighted by atomic mass is 35.5. The fourth-order valence-corrected chi connectivity index (χ4v) is 2.95. The molecule has 0 aliphatic heterocycles. The summed E-state index contributed by atoms with van der Waals surface area (Å²) in [6.07, 6.45) is 0. The maximum atomic E-state index is 12.0. The van der Waals surface area contributed by atoms with Crippen LogP contribution in [-0.4, -0.2) is 24.7 Å². The molecular weight excluding hydrogens is 320 g/mol. The molecule has 0 atom stereocenters. The minimum atomic E-state index is -3.82. The highest BCUT2D eigenvalue weighted by Gasteiger charge is 2.19. The number of benzene rings is 1. The van der Waals surface area contributed by atoms with E-state index in [0.29, 0.717) is 5.76 Å². The molecule has 0 radical (unpaired) electrons. The number of hydrogen-bond acceptors (Lipinski definition) is 5. The first-order chi connectivity index (χ1) is 9.77. The van der Waals surface area contributed by atoms with Crippen LogP contribution in [0.3, 0.4) is 0 Å². The summed E-state index contributed by atoms with van der Waals surface area (Å²) in [4.78, 5) is 11.1. The number of sulfonamides is 1. The van der Waals surface area contributed by atoms with Gasteiger partial charge in [-0.1, -0.05) is 16.8 Å². The van der Waals surface area contributed by atoms with Crippen LogP contribution in [0, 0.1) is 6.92 Å². The summed E-state index contributed by atoms with van der Waals surface area (Å²) in [5, 5.41) is 12.8. The Morgan fingerprint density at radius 1 is 1.43 bits per heavy atom. The largest absolute Gasteiger partial charge is 0.478 e. The molecule has 0 spiro atoms. The second-order valence-corrected chi connectivity index (χ2v) is 6.44. The van der Waals surface area contributed by atoms with E-state index in [2.05, 4.69) is 9.88 Å². The lowest BCUT2D eigenvalue weighted by Crippen LogP contribution is -2.17. The quantitative estimate of drug-likeness (QED) is 0.870. The first-order valence-corrected chi connectivity index (χ1v) is 7.75. The molecule has 0 bridgehead atoms. The molecule has 7 nitrogen and oxygen atoms in total. The number of carbonyl (C=O) groups is 1. The Labute approximate surface area is 125 Å². The Kier molecular flexibility index (Phi) is 4.19. The Morgan fingerprint density at radius 2 is 2.14 bits per heavy atom. The topological polar surface area (TPSA) is 110 Å². The second-order valence-electron chi connectivity index (χ2n) is 4.29. The van der Waals surface area contributed by atoms with Gasteiger partial charge in [0.15, 0.2) is 0 Å². The van der Waals surface area contributed by atoms with Crippen LogP contribution in [0.4, 0.5) is 5.69 Å². The molecule has 0 aliphatic carbocycles. The van der Waals surface area contributed by atoms with E-state index >= 15 is 0 Å². The zero-order chi connectivity index (χ0) is 15.6. The lowest BCUT2D eigenvalue weighted by molar-refractivity contribution is 0.0698. The van der Waals surface area contributed by atoms with E-state index in [-0.39, 0.29) is 22.0 Å². The number of aromatic nitrogens is 1. The number of nitrogens with zero attached hydrogens (tertiary/aromatic N) is 1. The molecule has 0 unspecified atom stereocenters. The van der Waals surface area contributed by atoms with Gasteiger partial charge >= 0.3 is 5.97 Å². The van der Waals surface area contributed by atoms with Crippen molar-refractivity contribution in [3.05, 3.63) is 46.3 Å². The first kappa shape index (κ1) is 15.3. The molecule has 1 heterocycles. The number of rotatable bonds is 5. The maximum absolute atomic E-state index is 12.0. The molecule has 21 heavy (non-hydrogen) atoms. The highest BCUT2D eigenvalue weighted by Crippen LogP contribution is 2.22. The monoisotopic (exact) mass is 330 g/mol. The van der Waals surface area contributed by atoms with Crippen LogP contribution < -0.4 is 4.72 Å². The second kappa shape index (κ2) is 5.74. The van der Waals surface area contributed by atoms with Crippen LogP contribution in [0.25, 0.3) is 0 Å². The molecule has 0 fully saturated rings. The number of carboxylic acids is 1. The SMILES string of the molecule is Cc1cc(CS(=O)(=O)Nc2ccc(Cl)cc2C(=O)O)no1. The molecule has 0 amide bonds. The van der Waals surface area contributed by atoms with Crippen LogP contribution in [0.1, 0.15) is 21.8 Å². The van der Waals surface area contributed by atoms with E-state index in [9.17, 15) is 13.2 Å². The predicted molar refractivity (Wildman–Crippen MR) is 75.9 cm³/mol. The van der Waals surface area contributed by atoms with Crippen LogP contribution in [0.15, 0.2) is 28.8 Å². The normalized spacial score (nSPS) is 11.3. The molecule has 2 N–H and O–H groups in total. The van der Waals surface area contributed by atoms with Gasteiger partial charge in [0, 0.05) is 11.1 Å². The third-order valence-electron chi connectivity index (χ3n) is 2.49. The van der Waals surface area contributed by atoms with E-state index in [1.54, 1.807) is 6.92 Å². The third kappa shape index (κ3) is 3.96. The van der Waals surface area contributed by atoms with Gasteiger partial charge in [0.25, 0.3) is 0 Å². The standard InChI is InChI=1S/C12H11ClN2O5S/c1-7-4-9(14-20-7)6-21(18,19)15-11-3-2-8(13)5-10(11)12(16)17/h2-5,15H,6H2,1H3,(H,16,17). The van der Waals surface area contributed by atoms with Gasteiger partial charge in [0.2, 0.25) is 10.0 Å². The van der Waals surface area contributed by atoms with Crippen LogP contribution >= 0.6 is 11.6 Å². The minimum absolute atomic E-state index is 0.0629. The van der Waals surface area contributed by atoms with Crippen molar-refractivity contribution in [2.75, 3.05) is 4.72 Å². The molecule has 9 heteroatoms. The molecular formula is C12H11ClN2O5S. The number of aryl methyl sites for hydroxylation is 1. The summed E-state index contributed by atoms with van der Waals surface area (Å²) in [5.41, 5.74) is -0.0691. The fraction of sp³-hybridized carbons (Fsp3) is 0.167. The van der Waals surface area contributed by atoms with Crippen molar-refractivity contribution in [3.63, 3.8) is 0 Å². The summed E-state index contributed by atoms with van der Waals surface area (Å²) in [7, 11) is -3.82. The van der Waals surface area contributed by atoms with Gasteiger partial charge in [-0.25, -0.2) is 13.2 Å². The van der Waals surface area contributed by atoms with Crippen molar-refractivity contribution in [3.8, 4) is 0 Å². The van der Waals surface area contributed by atoms with Gasteiger partial charge in [-0.3, -0.25) is 4.72 Å². The summed E-state index contributed by atoms with van der Waals surface area (Å²) in [6, 6.07) is 5.34. The number of nitrogens with one attached hydrogen (secondary N) is 1. The first-order valence-electron chi connectivity index (χ1n) is 5.72. The number of carboxylic acid groups (broad SMARTS) is 1. The van der Waals surface area contributed by atoms with E-state index in [4.69, 9.17) is 21.2 Å².